The van der Waals surface area contributed by atoms with Crippen molar-refractivity contribution in [3.8, 4) is 11.5 Å². The fourth-order valence-electron chi connectivity index (χ4n) is 2.16. The summed E-state index contributed by atoms with van der Waals surface area (Å²) in [5.74, 6) is 0.0463. The molecular weight excluding hydrogens is 346 g/mol. The lowest BCUT2D eigenvalue weighted by atomic mass is 10.1. The highest BCUT2D eigenvalue weighted by Gasteiger charge is 2.13. The Hall–Kier alpha value is -2.01. The van der Waals surface area contributed by atoms with Crippen molar-refractivity contribution in [2.45, 2.75) is 13.3 Å². The van der Waals surface area contributed by atoms with Crippen LogP contribution in [-0.2, 0) is 6.42 Å². The van der Waals surface area contributed by atoms with Crippen LogP contribution in [0, 0.1) is 6.92 Å². The summed E-state index contributed by atoms with van der Waals surface area (Å²) in [6.45, 7) is 2.60. The number of phenols is 1. The largest absolute Gasteiger partial charge is 0.503 e. The fourth-order valence-corrected chi connectivity index (χ4v) is 2.61. The molecule has 0 aliphatic heterocycles. The Labute approximate surface area is 138 Å². The molecule has 5 heteroatoms. The van der Waals surface area contributed by atoms with E-state index in [9.17, 15) is 9.90 Å². The van der Waals surface area contributed by atoms with Crippen molar-refractivity contribution in [1.29, 1.82) is 0 Å². The van der Waals surface area contributed by atoms with Gasteiger partial charge in [-0.3, -0.25) is 4.79 Å². The zero-order chi connectivity index (χ0) is 16.1. The molecule has 0 saturated carbocycles. The number of carbonyl (C=O) groups is 1. The number of ether oxygens (including phenoxy) is 1. The molecular formula is C17H18BrNO3. The number of aromatic hydroxyl groups is 1. The molecule has 0 unspecified atom stereocenters. The number of rotatable bonds is 5. The van der Waals surface area contributed by atoms with E-state index in [4.69, 9.17) is 4.74 Å². The quantitative estimate of drug-likeness (QED) is 0.855. The summed E-state index contributed by atoms with van der Waals surface area (Å²) in [7, 11) is 1.45. The van der Waals surface area contributed by atoms with E-state index in [0.717, 1.165) is 6.42 Å². The van der Waals surface area contributed by atoms with Gasteiger partial charge >= 0.3 is 0 Å². The second-order valence-electron chi connectivity index (χ2n) is 4.94. The number of halogens is 1. The molecule has 2 aromatic carbocycles. The summed E-state index contributed by atoms with van der Waals surface area (Å²) >= 11 is 3.21. The normalized spacial score (nSPS) is 10.3. The minimum Gasteiger partial charge on any atom is -0.503 e. The van der Waals surface area contributed by atoms with Gasteiger partial charge in [0.05, 0.1) is 11.6 Å². The van der Waals surface area contributed by atoms with Crippen LogP contribution in [0.2, 0.25) is 0 Å². The number of methoxy groups -OCH3 is 1. The zero-order valence-electron chi connectivity index (χ0n) is 12.5. The smallest absolute Gasteiger partial charge is 0.251 e. The molecule has 0 radical (unpaired) electrons. The van der Waals surface area contributed by atoms with Gasteiger partial charge in [0.15, 0.2) is 11.5 Å². The van der Waals surface area contributed by atoms with Crippen LogP contribution in [0.25, 0.3) is 0 Å². The van der Waals surface area contributed by atoms with Gasteiger partial charge in [-0.2, -0.15) is 0 Å². The number of nitrogens with one attached hydrogen (secondary N) is 1. The Balaban J connectivity index is 2.01. The molecule has 0 atom stereocenters. The van der Waals surface area contributed by atoms with Crippen LogP contribution >= 0.6 is 15.9 Å². The number of hydrogen-bond donors (Lipinski definition) is 2. The standard InChI is InChI=1S/C17H18BrNO3/c1-11-5-3-4-6-12(11)7-8-19-17(21)13-9-14(18)16(20)15(10-13)22-2/h3-6,9-10,20H,7-8H2,1-2H3,(H,19,21). The van der Waals surface area contributed by atoms with Crippen LogP contribution in [0.1, 0.15) is 21.5 Å². The highest BCUT2D eigenvalue weighted by atomic mass is 79.9. The summed E-state index contributed by atoms with van der Waals surface area (Å²) in [4.78, 5) is 12.2. The Bertz CT molecular complexity index is 686. The van der Waals surface area contributed by atoms with Gasteiger partial charge < -0.3 is 15.2 Å². The van der Waals surface area contributed by atoms with Crippen LogP contribution in [0.4, 0.5) is 0 Å². The molecule has 2 N–H and O–H groups in total. The van der Waals surface area contributed by atoms with Gasteiger partial charge in [0.2, 0.25) is 0 Å². The predicted molar refractivity (Wildman–Crippen MR) is 89.6 cm³/mol. The third-order valence-corrected chi connectivity index (χ3v) is 4.06. The molecule has 22 heavy (non-hydrogen) atoms. The molecule has 0 saturated heterocycles. The summed E-state index contributed by atoms with van der Waals surface area (Å²) in [6, 6.07) is 11.2. The zero-order valence-corrected chi connectivity index (χ0v) is 14.1. The molecule has 0 aliphatic carbocycles. The van der Waals surface area contributed by atoms with E-state index in [0.29, 0.717) is 16.6 Å². The number of carbonyl (C=O) groups excluding carboxylic acids is 1. The maximum atomic E-state index is 12.2. The molecule has 116 valence electrons. The topological polar surface area (TPSA) is 58.6 Å². The van der Waals surface area contributed by atoms with Gasteiger partial charge in [-0.1, -0.05) is 24.3 Å². The molecule has 0 aromatic heterocycles. The van der Waals surface area contributed by atoms with E-state index in [-0.39, 0.29) is 17.4 Å². The van der Waals surface area contributed by atoms with Crippen molar-refractivity contribution in [2.24, 2.45) is 0 Å². The molecule has 1 amide bonds. The SMILES string of the molecule is COc1cc(C(=O)NCCc2ccccc2C)cc(Br)c1O. The van der Waals surface area contributed by atoms with Gasteiger partial charge in [-0.25, -0.2) is 0 Å². The third-order valence-electron chi connectivity index (χ3n) is 3.45. The number of phenolic OH excluding ortho intramolecular Hbond substituents is 1. The van der Waals surface area contributed by atoms with Crippen molar-refractivity contribution < 1.29 is 14.6 Å². The van der Waals surface area contributed by atoms with Crippen molar-refractivity contribution in [3.05, 3.63) is 57.6 Å². The van der Waals surface area contributed by atoms with E-state index in [1.54, 1.807) is 6.07 Å². The average Bonchev–Trinajstić information content (AvgIpc) is 2.51. The monoisotopic (exact) mass is 363 g/mol. The van der Waals surface area contributed by atoms with E-state index in [2.05, 4.69) is 40.3 Å². The van der Waals surface area contributed by atoms with Crippen molar-refractivity contribution in [2.75, 3.05) is 13.7 Å². The van der Waals surface area contributed by atoms with Crippen LogP contribution in [0.5, 0.6) is 11.5 Å². The highest BCUT2D eigenvalue weighted by molar-refractivity contribution is 9.10. The lowest BCUT2D eigenvalue weighted by molar-refractivity contribution is 0.0953. The molecule has 0 aliphatic rings. The summed E-state index contributed by atoms with van der Waals surface area (Å²) in [6.07, 6.45) is 0.773. The first-order chi connectivity index (χ1) is 10.5. The van der Waals surface area contributed by atoms with Gasteiger partial charge in [-0.15, -0.1) is 0 Å². The Morgan fingerprint density at radius 3 is 2.73 bits per heavy atom. The molecule has 0 fully saturated rings. The molecule has 4 nitrogen and oxygen atoms in total. The first kappa shape index (κ1) is 16.4. The number of benzene rings is 2. The predicted octanol–water partition coefficient (Wildman–Crippen LogP) is 3.44. The second kappa shape index (κ2) is 7.31. The average molecular weight is 364 g/mol. The van der Waals surface area contributed by atoms with Crippen molar-refractivity contribution >= 4 is 21.8 Å². The van der Waals surface area contributed by atoms with E-state index in [1.165, 1.54) is 24.3 Å². The van der Waals surface area contributed by atoms with E-state index < -0.39 is 0 Å². The number of hydrogen-bond acceptors (Lipinski definition) is 3. The summed E-state index contributed by atoms with van der Waals surface area (Å²) in [5.41, 5.74) is 2.87. The van der Waals surface area contributed by atoms with Gasteiger partial charge in [-0.05, 0) is 52.5 Å². The Morgan fingerprint density at radius 2 is 2.05 bits per heavy atom. The molecule has 0 heterocycles. The van der Waals surface area contributed by atoms with Crippen LogP contribution in [0.3, 0.4) is 0 Å². The maximum Gasteiger partial charge on any atom is 0.251 e. The number of amides is 1. The van der Waals surface area contributed by atoms with E-state index >= 15 is 0 Å². The fraction of sp³-hybridized carbons (Fsp3) is 0.235. The maximum absolute atomic E-state index is 12.2. The van der Waals surface area contributed by atoms with Crippen LogP contribution in [0.15, 0.2) is 40.9 Å². The van der Waals surface area contributed by atoms with Crippen molar-refractivity contribution in [3.63, 3.8) is 0 Å². The first-order valence-electron chi connectivity index (χ1n) is 6.92. The lowest BCUT2D eigenvalue weighted by Gasteiger charge is -2.10. The van der Waals surface area contributed by atoms with Gasteiger partial charge in [0.1, 0.15) is 0 Å². The summed E-state index contributed by atoms with van der Waals surface area (Å²) in [5, 5.41) is 12.6. The molecule has 2 aromatic rings. The number of aryl methyl sites for hydroxylation is 1. The third kappa shape index (κ3) is 3.80. The van der Waals surface area contributed by atoms with Gasteiger partial charge in [0, 0.05) is 12.1 Å². The van der Waals surface area contributed by atoms with E-state index in [1.807, 2.05) is 12.1 Å². The minimum atomic E-state index is -0.201. The molecule has 2 rings (SSSR count). The summed E-state index contributed by atoms with van der Waals surface area (Å²) < 4.78 is 5.47. The molecule has 0 spiro atoms. The highest BCUT2D eigenvalue weighted by Crippen LogP contribution is 2.35. The lowest BCUT2D eigenvalue weighted by Crippen LogP contribution is -2.25. The van der Waals surface area contributed by atoms with Crippen LogP contribution in [-0.4, -0.2) is 24.7 Å². The first-order valence-corrected chi connectivity index (χ1v) is 7.71. The minimum absolute atomic E-state index is 0.0149. The Kier molecular flexibility index (Phi) is 5.44. The molecule has 0 bridgehead atoms. The van der Waals surface area contributed by atoms with Gasteiger partial charge in [0.25, 0.3) is 5.91 Å². The van der Waals surface area contributed by atoms with Crippen LogP contribution < -0.4 is 10.1 Å². The second-order valence-corrected chi connectivity index (χ2v) is 5.80. The van der Waals surface area contributed by atoms with Crippen molar-refractivity contribution in [1.82, 2.24) is 5.32 Å². The Morgan fingerprint density at radius 1 is 1.32 bits per heavy atom.